The smallest absolute Gasteiger partial charge is 0.244 e. The molecule has 0 fully saturated rings. The number of hydrogen-bond donors (Lipinski definition) is 1. The van der Waals surface area contributed by atoms with Gasteiger partial charge in [-0.25, -0.2) is 12.8 Å². The molecule has 2 atom stereocenters. The lowest BCUT2D eigenvalue weighted by molar-refractivity contribution is -0.140. The zero-order chi connectivity index (χ0) is 33.1. The summed E-state index contributed by atoms with van der Waals surface area (Å²) < 4.78 is 47.9. The number of carbonyl (C=O) groups excluding carboxylic acids is 2. The summed E-state index contributed by atoms with van der Waals surface area (Å²) in [4.78, 5) is 29.2. The lowest BCUT2D eigenvalue weighted by Crippen LogP contribution is -2.54. The quantitative estimate of drug-likeness (QED) is 0.178. The third-order valence-corrected chi connectivity index (χ3v) is 8.76. The van der Waals surface area contributed by atoms with E-state index in [4.69, 9.17) is 4.74 Å². The van der Waals surface area contributed by atoms with Crippen LogP contribution in [0.2, 0.25) is 0 Å². The zero-order valence-electron chi connectivity index (χ0n) is 26.3. The standard InChI is InChI=1S/C36H40FN3O5S/c1-4-27(2)38-36(42)34(23-28-13-7-5-8-14-28)39(24-30-17-11-12-18-33(30)37)35(41)25-40(46(3,43)44)31-19-21-32(22-20-31)45-26-29-15-9-6-10-16-29/h5-22,27,34H,4,23-26H2,1-3H3,(H,38,42)/t27-,34-/m0/s1. The van der Waals surface area contributed by atoms with Gasteiger partial charge in [-0.2, -0.15) is 0 Å². The van der Waals surface area contributed by atoms with Crippen molar-refractivity contribution in [2.45, 2.75) is 51.9 Å². The molecular weight excluding hydrogens is 605 g/mol. The maximum absolute atomic E-state index is 14.9. The molecule has 0 aromatic heterocycles. The van der Waals surface area contributed by atoms with Crippen LogP contribution < -0.4 is 14.4 Å². The summed E-state index contributed by atoms with van der Waals surface area (Å²) in [5.41, 5.74) is 2.23. The van der Waals surface area contributed by atoms with E-state index in [1.807, 2.05) is 74.5 Å². The van der Waals surface area contributed by atoms with Gasteiger partial charge < -0.3 is 15.0 Å². The first-order valence-electron chi connectivity index (χ1n) is 15.2. The van der Waals surface area contributed by atoms with E-state index in [9.17, 15) is 22.4 Å². The van der Waals surface area contributed by atoms with Gasteiger partial charge in [-0.05, 0) is 54.8 Å². The Morgan fingerprint density at radius 3 is 2.02 bits per heavy atom. The fourth-order valence-corrected chi connectivity index (χ4v) is 5.72. The minimum atomic E-state index is -3.95. The molecule has 0 aliphatic rings. The van der Waals surface area contributed by atoms with Gasteiger partial charge in [0, 0.05) is 24.6 Å². The highest BCUT2D eigenvalue weighted by Crippen LogP contribution is 2.24. The van der Waals surface area contributed by atoms with Crippen molar-refractivity contribution in [1.82, 2.24) is 10.2 Å². The Labute approximate surface area is 270 Å². The molecule has 0 spiro atoms. The number of anilines is 1. The predicted molar refractivity (Wildman–Crippen MR) is 178 cm³/mol. The Kier molecular flexibility index (Phi) is 11.9. The third-order valence-electron chi connectivity index (χ3n) is 7.62. The number of rotatable bonds is 15. The minimum Gasteiger partial charge on any atom is -0.489 e. The van der Waals surface area contributed by atoms with Crippen molar-refractivity contribution in [3.63, 3.8) is 0 Å². The largest absolute Gasteiger partial charge is 0.489 e. The van der Waals surface area contributed by atoms with Crippen LogP contribution in [0.25, 0.3) is 0 Å². The number of hydrogen-bond acceptors (Lipinski definition) is 5. The van der Waals surface area contributed by atoms with Gasteiger partial charge in [0.1, 0.15) is 30.8 Å². The molecule has 4 aromatic rings. The van der Waals surface area contributed by atoms with Gasteiger partial charge in [-0.15, -0.1) is 0 Å². The fraction of sp³-hybridized carbons (Fsp3) is 0.278. The second-order valence-corrected chi connectivity index (χ2v) is 13.1. The predicted octanol–water partition coefficient (Wildman–Crippen LogP) is 5.73. The molecule has 4 rings (SSSR count). The third kappa shape index (κ3) is 9.65. The Hall–Kier alpha value is -4.70. The molecule has 0 aliphatic carbocycles. The van der Waals surface area contributed by atoms with E-state index in [0.29, 0.717) is 18.8 Å². The summed E-state index contributed by atoms with van der Waals surface area (Å²) in [7, 11) is -3.95. The molecule has 4 aromatic carbocycles. The van der Waals surface area contributed by atoms with E-state index < -0.39 is 40.2 Å². The topological polar surface area (TPSA) is 96.0 Å². The Balaban J connectivity index is 1.65. The second-order valence-electron chi connectivity index (χ2n) is 11.2. The Morgan fingerprint density at radius 1 is 0.848 bits per heavy atom. The van der Waals surface area contributed by atoms with Crippen LogP contribution in [0, 0.1) is 5.82 Å². The number of halogens is 1. The molecule has 10 heteroatoms. The molecule has 2 amide bonds. The number of sulfonamides is 1. The van der Waals surface area contributed by atoms with Crippen molar-refractivity contribution in [2.24, 2.45) is 0 Å². The van der Waals surface area contributed by atoms with Crippen LogP contribution >= 0.6 is 0 Å². The molecule has 46 heavy (non-hydrogen) atoms. The van der Waals surface area contributed by atoms with Crippen LogP contribution in [-0.4, -0.2) is 50.0 Å². The summed E-state index contributed by atoms with van der Waals surface area (Å²) in [6.45, 7) is 3.29. The molecule has 8 nitrogen and oxygen atoms in total. The normalized spacial score (nSPS) is 12.5. The average Bonchev–Trinajstić information content (AvgIpc) is 3.05. The molecule has 242 valence electrons. The van der Waals surface area contributed by atoms with Crippen LogP contribution in [-0.2, 0) is 39.2 Å². The van der Waals surface area contributed by atoms with Crippen LogP contribution in [0.15, 0.2) is 109 Å². The highest BCUT2D eigenvalue weighted by molar-refractivity contribution is 7.92. The Morgan fingerprint density at radius 2 is 1.43 bits per heavy atom. The van der Waals surface area contributed by atoms with E-state index in [2.05, 4.69) is 5.32 Å². The lowest BCUT2D eigenvalue weighted by Gasteiger charge is -2.34. The maximum Gasteiger partial charge on any atom is 0.244 e. The number of benzene rings is 4. The summed E-state index contributed by atoms with van der Waals surface area (Å²) >= 11 is 0. The van der Waals surface area contributed by atoms with Gasteiger partial charge >= 0.3 is 0 Å². The highest BCUT2D eigenvalue weighted by atomic mass is 32.2. The summed E-state index contributed by atoms with van der Waals surface area (Å²) in [5, 5.41) is 2.96. The highest BCUT2D eigenvalue weighted by Gasteiger charge is 2.33. The monoisotopic (exact) mass is 645 g/mol. The van der Waals surface area contributed by atoms with Crippen molar-refractivity contribution in [3.05, 3.63) is 132 Å². The fourth-order valence-electron chi connectivity index (χ4n) is 4.87. The van der Waals surface area contributed by atoms with Gasteiger partial charge in [-0.1, -0.05) is 85.8 Å². The summed E-state index contributed by atoms with van der Waals surface area (Å²) in [6.07, 6.45) is 1.83. The first kappa shape index (κ1) is 34.2. The molecule has 0 saturated heterocycles. The van der Waals surface area contributed by atoms with Crippen molar-refractivity contribution < 1.29 is 27.1 Å². The minimum absolute atomic E-state index is 0.148. The van der Waals surface area contributed by atoms with Gasteiger partial charge in [0.05, 0.1) is 11.9 Å². The second kappa shape index (κ2) is 16.0. The van der Waals surface area contributed by atoms with E-state index >= 15 is 0 Å². The van der Waals surface area contributed by atoms with Crippen LogP contribution in [0.1, 0.15) is 37.0 Å². The number of carbonyl (C=O) groups is 2. The van der Waals surface area contributed by atoms with Gasteiger partial charge in [0.25, 0.3) is 0 Å². The van der Waals surface area contributed by atoms with Crippen molar-refractivity contribution in [1.29, 1.82) is 0 Å². The van der Waals surface area contributed by atoms with Crippen molar-refractivity contribution in [2.75, 3.05) is 17.1 Å². The van der Waals surface area contributed by atoms with Crippen molar-refractivity contribution in [3.8, 4) is 5.75 Å². The molecular formula is C36H40FN3O5S. The number of amides is 2. The average molecular weight is 646 g/mol. The number of ether oxygens (including phenoxy) is 1. The number of nitrogens with one attached hydrogen (secondary N) is 1. The van der Waals surface area contributed by atoms with E-state index in [-0.39, 0.29) is 30.3 Å². The molecule has 0 heterocycles. The van der Waals surface area contributed by atoms with Gasteiger partial charge in [0.15, 0.2) is 0 Å². The van der Waals surface area contributed by atoms with Crippen LogP contribution in [0.5, 0.6) is 5.75 Å². The molecule has 0 unspecified atom stereocenters. The maximum atomic E-state index is 14.9. The first-order valence-corrected chi connectivity index (χ1v) is 17.0. The molecule has 1 N–H and O–H groups in total. The molecule has 0 aliphatic heterocycles. The Bertz CT molecular complexity index is 1690. The van der Waals surface area contributed by atoms with E-state index in [1.165, 1.54) is 11.0 Å². The van der Waals surface area contributed by atoms with E-state index in [0.717, 1.165) is 21.7 Å². The van der Waals surface area contributed by atoms with E-state index in [1.54, 1.807) is 42.5 Å². The first-order chi connectivity index (χ1) is 22.0. The molecule has 0 radical (unpaired) electrons. The molecule has 0 saturated carbocycles. The zero-order valence-corrected chi connectivity index (χ0v) is 27.1. The summed E-state index contributed by atoms with van der Waals surface area (Å²) in [5.74, 6) is -1.07. The van der Waals surface area contributed by atoms with Gasteiger partial charge in [-0.3, -0.25) is 13.9 Å². The van der Waals surface area contributed by atoms with Crippen LogP contribution in [0.4, 0.5) is 10.1 Å². The number of nitrogens with zero attached hydrogens (tertiary/aromatic N) is 2. The summed E-state index contributed by atoms with van der Waals surface area (Å²) in [6, 6.07) is 30.0. The molecule has 0 bridgehead atoms. The van der Waals surface area contributed by atoms with Crippen LogP contribution in [0.3, 0.4) is 0 Å². The van der Waals surface area contributed by atoms with Crippen molar-refractivity contribution >= 4 is 27.5 Å². The van der Waals surface area contributed by atoms with Gasteiger partial charge in [0.2, 0.25) is 21.8 Å². The lowest BCUT2D eigenvalue weighted by atomic mass is 10.0. The SMILES string of the molecule is CC[C@H](C)NC(=O)[C@H](Cc1ccccc1)N(Cc1ccccc1F)C(=O)CN(c1ccc(OCc2ccccc2)cc1)S(C)(=O)=O.